The van der Waals surface area contributed by atoms with Crippen LogP contribution in [0.15, 0.2) is 43.0 Å². The molecule has 22 heavy (non-hydrogen) atoms. The molecule has 1 aliphatic rings. The van der Waals surface area contributed by atoms with Crippen molar-refractivity contribution < 1.29 is 29.5 Å². The quantitative estimate of drug-likeness (QED) is 0.624. The molecule has 6 nitrogen and oxygen atoms in total. The second-order valence-corrected chi connectivity index (χ2v) is 5.09. The molecule has 1 aromatic carbocycles. The van der Waals surface area contributed by atoms with E-state index in [2.05, 4.69) is 6.58 Å². The number of hydrogen-bond donors (Lipinski definition) is 3. The smallest absolute Gasteiger partial charge is 0.187 e. The summed E-state index contributed by atoms with van der Waals surface area (Å²) in [5.41, 5.74) is 0.927. The van der Waals surface area contributed by atoms with Crippen molar-refractivity contribution in [1.29, 1.82) is 0 Å². The average Bonchev–Trinajstić information content (AvgIpc) is 2.56. The fraction of sp³-hybridized carbons (Fsp3) is 0.500. The van der Waals surface area contributed by atoms with Crippen LogP contribution in [-0.2, 0) is 20.8 Å². The van der Waals surface area contributed by atoms with E-state index in [9.17, 15) is 15.3 Å². The molecule has 0 radical (unpaired) electrons. The molecule has 0 spiro atoms. The van der Waals surface area contributed by atoms with E-state index in [0.29, 0.717) is 0 Å². The minimum atomic E-state index is -1.24. The summed E-state index contributed by atoms with van der Waals surface area (Å²) in [5.74, 6) is 0. The average molecular weight is 310 g/mol. The molecule has 5 atom stereocenters. The van der Waals surface area contributed by atoms with Crippen LogP contribution in [0.25, 0.3) is 0 Å². The van der Waals surface area contributed by atoms with Crippen LogP contribution in [0.3, 0.4) is 0 Å². The molecule has 2 rings (SSSR count). The first-order valence-electron chi connectivity index (χ1n) is 7.18. The lowest BCUT2D eigenvalue weighted by Gasteiger charge is -2.41. The molecule has 5 unspecified atom stereocenters. The van der Waals surface area contributed by atoms with Crippen LogP contribution in [-0.4, -0.2) is 59.2 Å². The van der Waals surface area contributed by atoms with Crippen LogP contribution >= 0.6 is 0 Å². The van der Waals surface area contributed by atoms with Gasteiger partial charge in [0.1, 0.15) is 24.4 Å². The Kier molecular flexibility index (Phi) is 6.50. The van der Waals surface area contributed by atoms with Gasteiger partial charge in [0.2, 0.25) is 0 Å². The largest absolute Gasteiger partial charge is 0.394 e. The Morgan fingerprint density at radius 1 is 1.14 bits per heavy atom. The molecule has 0 aromatic heterocycles. The monoisotopic (exact) mass is 310 g/mol. The summed E-state index contributed by atoms with van der Waals surface area (Å²) in [4.78, 5) is 0. The minimum Gasteiger partial charge on any atom is -0.394 e. The molecule has 0 saturated carbocycles. The number of hydrogen-bond acceptors (Lipinski definition) is 6. The van der Waals surface area contributed by atoms with Gasteiger partial charge in [-0.05, 0) is 5.56 Å². The van der Waals surface area contributed by atoms with Crippen molar-refractivity contribution in [2.75, 3.05) is 13.2 Å². The lowest BCUT2D eigenvalue weighted by Crippen LogP contribution is -2.60. The van der Waals surface area contributed by atoms with E-state index >= 15 is 0 Å². The molecule has 6 heteroatoms. The molecular formula is C16H22O6. The summed E-state index contributed by atoms with van der Waals surface area (Å²) in [6.45, 7) is 3.59. The van der Waals surface area contributed by atoms with Crippen molar-refractivity contribution in [1.82, 2.24) is 0 Å². The van der Waals surface area contributed by atoms with Crippen molar-refractivity contribution in [2.45, 2.75) is 37.3 Å². The zero-order valence-electron chi connectivity index (χ0n) is 12.2. The lowest BCUT2D eigenvalue weighted by molar-refractivity contribution is -0.309. The Morgan fingerprint density at radius 2 is 1.86 bits per heavy atom. The van der Waals surface area contributed by atoms with Crippen molar-refractivity contribution in [3.8, 4) is 0 Å². The number of ether oxygens (including phenoxy) is 3. The fourth-order valence-electron chi connectivity index (χ4n) is 2.30. The molecule has 0 aliphatic carbocycles. The van der Waals surface area contributed by atoms with Gasteiger partial charge in [-0.2, -0.15) is 0 Å². The van der Waals surface area contributed by atoms with Crippen LogP contribution in [0.5, 0.6) is 0 Å². The van der Waals surface area contributed by atoms with Gasteiger partial charge in [-0.25, -0.2) is 0 Å². The molecule has 1 fully saturated rings. The third kappa shape index (κ3) is 4.13. The highest BCUT2D eigenvalue weighted by Crippen LogP contribution is 2.25. The van der Waals surface area contributed by atoms with Gasteiger partial charge in [-0.15, -0.1) is 6.58 Å². The second-order valence-electron chi connectivity index (χ2n) is 5.09. The van der Waals surface area contributed by atoms with Crippen LogP contribution in [0.4, 0.5) is 0 Å². The normalized spacial score (nSPS) is 31.9. The summed E-state index contributed by atoms with van der Waals surface area (Å²) in [6, 6.07) is 9.45. The van der Waals surface area contributed by atoms with Gasteiger partial charge in [0.15, 0.2) is 6.29 Å². The minimum absolute atomic E-state index is 0.205. The predicted octanol–water partition coefficient (Wildman–Crippen LogP) is 0.213. The van der Waals surface area contributed by atoms with Crippen molar-refractivity contribution in [3.05, 3.63) is 48.6 Å². The van der Waals surface area contributed by atoms with Gasteiger partial charge in [-0.1, -0.05) is 36.4 Å². The summed E-state index contributed by atoms with van der Waals surface area (Å²) >= 11 is 0. The van der Waals surface area contributed by atoms with Crippen LogP contribution in [0, 0.1) is 0 Å². The first-order chi connectivity index (χ1) is 10.7. The molecular weight excluding hydrogens is 288 g/mol. The second kappa shape index (κ2) is 8.38. The number of benzene rings is 1. The Morgan fingerprint density at radius 3 is 2.50 bits per heavy atom. The highest BCUT2D eigenvalue weighted by molar-refractivity contribution is 5.13. The van der Waals surface area contributed by atoms with Gasteiger partial charge in [0.25, 0.3) is 0 Å². The zero-order chi connectivity index (χ0) is 15.9. The zero-order valence-corrected chi connectivity index (χ0v) is 12.2. The highest BCUT2D eigenvalue weighted by Gasteiger charge is 2.45. The van der Waals surface area contributed by atoms with Gasteiger partial charge in [0, 0.05) is 0 Å². The fourth-order valence-corrected chi connectivity index (χ4v) is 2.30. The molecule has 3 N–H and O–H groups in total. The molecule has 1 saturated heterocycles. The van der Waals surface area contributed by atoms with E-state index in [1.54, 1.807) is 6.08 Å². The summed E-state index contributed by atoms with van der Waals surface area (Å²) in [5, 5.41) is 29.4. The van der Waals surface area contributed by atoms with Crippen molar-refractivity contribution >= 4 is 0 Å². The van der Waals surface area contributed by atoms with E-state index in [-0.39, 0.29) is 13.2 Å². The maximum Gasteiger partial charge on any atom is 0.187 e. The van der Waals surface area contributed by atoms with Crippen LogP contribution < -0.4 is 0 Å². The van der Waals surface area contributed by atoms with E-state index in [1.165, 1.54) is 0 Å². The van der Waals surface area contributed by atoms with E-state index in [0.717, 1.165) is 5.56 Å². The molecule has 122 valence electrons. The Balaban J connectivity index is 2.04. The van der Waals surface area contributed by atoms with Gasteiger partial charge >= 0.3 is 0 Å². The third-order valence-electron chi connectivity index (χ3n) is 3.49. The Labute approximate surface area is 129 Å². The highest BCUT2D eigenvalue weighted by atomic mass is 16.7. The molecule has 0 amide bonds. The maximum atomic E-state index is 10.2. The third-order valence-corrected chi connectivity index (χ3v) is 3.49. The maximum absolute atomic E-state index is 10.2. The first-order valence-corrected chi connectivity index (χ1v) is 7.18. The van der Waals surface area contributed by atoms with Gasteiger partial charge < -0.3 is 29.5 Å². The summed E-state index contributed by atoms with van der Waals surface area (Å²) in [6.07, 6.45) is -3.58. The molecule has 1 aliphatic heterocycles. The number of rotatable bonds is 7. The molecule has 1 heterocycles. The van der Waals surface area contributed by atoms with Crippen LogP contribution in [0.1, 0.15) is 5.56 Å². The Bertz CT molecular complexity index is 451. The van der Waals surface area contributed by atoms with Crippen molar-refractivity contribution in [2.24, 2.45) is 0 Å². The molecule has 0 bridgehead atoms. The van der Waals surface area contributed by atoms with Gasteiger partial charge in [0.05, 0.1) is 19.8 Å². The first kappa shape index (κ1) is 17.1. The molecule has 1 aromatic rings. The summed E-state index contributed by atoms with van der Waals surface area (Å²) in [7, 11) is 0. The van der Waals surface area contributed by atoms with E-state index in [4.69, 9.17) is 14.2 Å². The Hall–Kier alpha value is -1.28. The standard InChI is InChI=1S/C16H22O6/c1-2-8-20-16-15(14(19)13(18)12(9-17)22-16)21-10-11-6-4-3-5-7-11/h2-7,12-19H,1,8-10H2. The van der Waals surface area contributed by atoms with Crippen molar-refractivity contribution in [3.63, 3.8) is 0 Å². The summed E-state index contributed by atoms with van der Waals surface area (Å²) < 4.78 is 16.6. The van der Waals surface area contributed by atoms with Crippen LogP contribution in [0.2, 0.25) is 0 Å². The van der Waals surface area contributed by atoms with E-state index < -0.39 is 37.3 Å². The number of aliphatic hydroxyl groups excluding tert-OH is 3. The predicted molar refractivity (Wildman–Crippen MR) is 78.9 cm³/mol. The lowest BCUT2D eigenvalue weighted by atomic mass is 9.99. The van der Waals surface area contributed by atoms with E-state index in [1.807, 2.05) is 30.3 Å². The van der Waals surface area contributed by atoms with Gasteiger partial charge in [-0.3, -0.25) is 0 Å². The number of aliphatic hydroxyl groups is 3. The SMILES string of the molecule is C=CCOC1OC(CO)C(O)C(O)C1OCc1ccccc1. The topological polar surface area (TPSA) is 88.4 Å².